The summed E-state index contributed by atoms with van der Waals surface area (Å²) in [5.41, 5.74) is 2.99. The minimum Gasteiger partial charge on any atom is -0.481 e. The summed E-state index contributed by atoms with van der Waals surface area (Å²) in [7, 11) is 0. The van der Waals surface area contributed by atoms with E-state index in [0.717, 1.165) is 5.56 Å². The maximum Gasteiger partial charge on any atom is 0.265 e. The van der Waals surface area contributed by atoms with Gasteiger partial charge in [0.1, 0.15) is 5.75 Å². The molecule has 24 heavy (non-hydrogen) atoms. The van der Waals surface area contributed by atoms with Gasteiger partial charge in [0.15, 0.2) is 17.6 Å². The van der Waals surface area contributed by atoms with Crippen LogP contribution in [0.2, 0.25) is 0 Å². The molecular weight excluding hydrogens is 306 g/mol. The summed E-state index contributed by atoms with van der Waals surface area (Å²) in [6, 6.07) is 11.2. The predicted octanol–water partition coefficient (Wildman–Crippen LogP) is 3.83. The molecule has 1 atom stereocenters. The third-order valence-corrected chi connectivity index (χ3v) is 4.06. The van der Waals surface area contributed by atoms with E-state index in [1.807, 2.05) is 39.0 Å². The van der Waals surface area contributed by atoms with Crippen molar-refractivity contribution in [2.24, 2.45) is 0 Å². The van der Waals surface area contributed by atoms with Crippen molar-refractivity contribution in [2.75, 3.05) is 12.1 Å². The molecule has 1 aliphatic heterocycles. The molecule has 0 saturated carbocycles. The van der Waals surface area contributed by atoms with E-state index in [9.17, 15) is 4.79 Å². The van der Waals surface area contributed by atoms with E-state index >= 15 is 0 Å². The SMILES string of the molecule is CC[C@@H](Oc1ccc(C)c(C)c1)C(=O)Nc1ccc2c(c1)OCO2. The molecule has 2 aromatic rings. The molecule has 0 aromatic heterocycles. The van der Waals surface area contributed by atoms with Gasteiger partial charge in [0.25, 0.3) is 5.91 Å². The maximum absolute atomic E-state index is 12.5. The van der Waals surface area contributed by atoms with Crippen LogP contribution in [0.5, 0.6) is 17.2 Å². The molecule has 1 heterocycles. The Morgan fingerprint density at radius 2 is 1.92 bits per heavy atom. The number of aryl methyl sites for hydroxylation is 2. The monoisotopic (exact) mass is 327 g/mol. The topological polar surface area (TPSA) is 56.8 Å². The summed E-state index contributed by atoms with van der Waals surface area (Å²) in [5.74, 6) is 1.84. The third-order valence-electron chi connectivity index (χ3n) is 4.06. The molecule has 126 valence electrons. The Balaban J connectivity index is 1.68. The summed E-state index contributed by atoms with van der Waals surface area (Å²) in [6.45, 7) is 6.20. The van der Waals surface area contributed by atoms with Crippen LogP contribution in [0.1, 0.15) is 24.5 Å². The predicted molar refractivity (Wildman–Crippen MR) is 91.8 cm³/mol. The van der Waals surface area contributed by atoms with Crippen molar-refractivity contribution >= 4 is 11.6 Å². The standard InChI is InChI=1S/C19H21NO4/c1-4-16(24-15-7-5-12(2)13(3)9-15)19(21)20-14-6-8-17-18(10-14)23-11-22-17/h5-10,16H,4,11H2,1-3H3,(H,20,21)/t16-/m1/s1. The zero-order valence-corrected chi connectivity index (χ0v) is 14.1. The van der Waals surface area contributed by atoms with Crippen molar-refractivity contribution in [2.45, 2.75) is 33.3 Å². The van der Waals surface area contributed by atoms with Gasteiger partial charge in [-0.1, -0.05) is 13.0 Å². The Hall–Kier alpha value is -2.69. The van der Waals surface area contributed by atoms with E-state index in [-0.39, 0.29) is 12.7 Å². The average molecular weight is 327 g/mol. The van der Waals surface area contributed by atoms with Gasteiger partial charge in [-0.05, 0) is 55.7 Å². The highest BCUT2D eigenvalue weighted by atomic mass is 16.7. The van der Waals surface area contributed by atoms with E-state index in [2.05, 4.69) is 5.32 Å². The van der Waals surface area contributed by atoms with E-state index < -0.39 is 6.10 Å². The van der Waals surface area contributed by atoms with E-state index in [1.54, 1.807) is 18.2 Å². The fourth-order valence-electron chi connectivity index (χ4n) is 2.47. The van der Waals surface area contributed by atoms with Gasteiger partial charge in [-0.3, -0.25) is 4.79 Å². The molecule has 0 aliphatic carbocycles. The lowest BCUT2D eigenvalue weighted by atomic mass is 10.1. The van der Waals surface area contributed by atoms with Gasteiger partial charge in [0.2, 0.25) is 6.79 Å². The molecular formula is C19H21NO4. The molecule has 0 bridgehead atoms. The number of nitrogens with one attached hydrogen (secondary N) is 1. The van der Waals surface area contributed by atoms with Crippen molar-refractivity contribution in [1.29, 1.82) is 0 Å². The first-order valence-corrected chi connectivity index (χ1v) is 8.01. The number of hydrogen-bond donors (Lipinski definition) is 1. The van der Waals surface area contributed by atoms with Crippen molar-refractivity contribution < 1.29 is 19.0 Å². The van der Waals surface area contributed by atoms with Gasteiger partial charge in [0, 0.05) is 11.8 Å². The van der Waals surface area contributed by atoms with Crippen molar-refractivity contribution in [3.8, 4) is 17.2 Å². The molecule has 3 rings (SSSR count). The Labute approximate surface area is 141 Å². The van der Waals surface area contributed by atoms with Crippen LogP contribution in [0.15, 0.2) is 36.4 Å². The van der Waals surface area contributed by atoms with Crippen LogP contribution in [-0.4, -0.2) is 18.8 Å². The summed E-state index contributed by atoms with van der Waals surface area (Å²) in [4.78, 5) is 12.5. The molecule has 2 aromatic carbocycles. The quantitative estimate of drug-likeness (QED) is 0.907. The van der Waals surface area contributed by atoms with Crippen LogP contribution < -0.4 is 19.5 Å². The van der Waals surface area contributed by atoms with E-state index in [1.165, 1.54) is 5.56 Å². The highest BCUT2D eigenvalue weighted by Crippen LogP contribution is 2.34. The number of anilines is 1. The van der Waals surface area contributed by atoms with E-state index in [0.29, 0.717) is 29.4 Å². The normalized spacial score (nSPS) is 13.5. The smallest absolute Gasteiger partial charge is 0.265 e. The summed E-state index contributed by atoms with van der Waals surface area (Å²) >= 11 is 0. The fourth-order valence-corrected chi connectivity index (χ4v) is 2.47. The van der Waals surface area contributed by atoms with Gasteiger partial charge in [-0.2, -0.15) is 0 Å². The summed E-state index contributed by atoms with van der Waals surface area (Å²) in [5, 5.41) is 2.87. The molecule has 0 spiro atoms. The molecule has 5 nitrogen and oxygen atoms in total. The van der Waals surface area contributed by atoms with Crippen LogP contribution in [0.3, 0.4) is 0 Å². The Bertz CT molecular complexity index is 757. The number of ether oxygens (including phenoxy) is 3. The second-order valence-corrected chi connectivity index (χ2v) is 5.82. The summed E-state index contributed by atoms with van der Waals surface area (Å²) in [6.07, 6.45) is 0.0149. The first-order valence-electron chi connectivity index (χ1n) is 8.01. The van der Waals surface area contributed by atoms with E-state index in [4.69, 9.17) is 14.2 Å². The van der Waals surface area contributed by atoms with Crippen molar-refractivity contribution in [1.82, 2.24) is 0 Å². The second-order valence-electron chi connectivity index (χ2n) is 5.82. The minimum absolute atomic E-state index is 0.186. The second kappa shape index (κ2) is 6.83. The van der Waals surface area contributed by atoms with Gasteiger partial charge < -0.3 is 19.5 Å². The number of amides is 1. The van der Waals surface area contributed by atoms with Gasteiger partial charge in [-0.15, -0.1) is 0 Å². The Kier molecular flexibility index (Phi) is 4.60. The third kappa shape index (κ3) is 3.45. The van der Waals surface area contributed by atoms with Gasteiger partial charge in [-0.25, -0.2) is 0 Å². The zero-order chi connectivity index (χ0) is 17.1. The lowest BCUT2D eigenvalue weighted by Gasteiger charge is -2.18. The minimum atomic E-state index is -0.558. The maximum atomic E-state index is 12.5. The van der Waals surface area contributed by atoms with Crippen LogP contribution in [0, 0.1) is 13.8 Å². The highest BCUT2D eigenvalue weighted by Gasteiger charge is 2.20. The number of benzene rings is 2. The van der Waals surface area contributed by atoms with Crippen LogP contribution >= 0.6 is 0 Å². The molecule has 0 fully saturated rings. The van der Waals surface area contributed by atoms with Crippen LogP contribution in [-0.2, 0) is 4.79 Å². The van der Waals surface area contributed by atoms with Gasteiger partial charge >= 0.3 is 0 Å². The lowest BCUT2D eigenvalue weighted by Crippen LogP contribution is -2.32. The number of carbonyl (C=O) groups is 1. The zero-order valence-electron chi connectivity index (χ0n) is 14.1. The van der Waals surface area contributed by atoms with Crippen LogP contribution in [0.25, 0.3) is 0 Å². The highest BCUT2D eigenvalue weighted by molar-refractivity contribution is 5.94. The molecule has 5 heteroatoms. The van der Waals surface area contributed by atoms with Crippen molar-refractivity contribution in [3.63, 3.8) is 0 Å². The molecule has 1 amide bonds. The molecule has 0 unspecified atom stereocenters. The Morgan fingerprint density at radius 3 is 2.67 bits per heavy atom. The average Bonchev–Trinajstić information content (AvgIpc) is 3.03. The summed E-state index contributed by atoms with van der Waals surface area (Å²) < 4.78 is 16.4. The first kappa shape index (κ1) is 16.2. The lowest BCUT2D eigenvalue weighted by molar-refractivity contribution is -0.122. The molecule has 0 saturated heterocycles. The van der Waals surface area contributed by atoms with Gasteiger partial charge in [0.05, 0.1) is 0 Å². The number of fused-ring (bicyclic) bond motifs is 1. The fraction of sp³-hybridized carbons (Fsp3) is 0.316. The number of rotatable bonds is 5. The molecule has 1 N–H and O–H groups in total. The number of carbonyl (C=O) groups excluding carboxylic acids is 1. The Morgan fingerprint density at radius 1 is 1.12 bits per heavy atom. The molecule has 1 aliphatic rings. The van der Waals surface area contributed by atoms with Crippen LogP contribution in [0.4, 0.5) is 5.69 Å². The number of hydrogen-bond acceptors (Lipinski definition) is 4. The first-order chi connectivity index (χ1) is 11.6. The molecule has 0 radical (unpaired) electrons. The van der Waals surface area contributed by atoms with Crippen molar-refractivity contribution in [3.05, 3.63) is 47.5 Å². The largest absolute Gasteiger partial charge is 0.481 e.